The van der Waals surface area contributed by atoms with E-state index < -0.39 is 0 Å². The lowest BCUT2D eigenvalue weighted by molar-refractivity contribution is -0.119. The first-order valence-corrected chi connectivity index (χ1v) is 6.93. The molecule has 3 nitrogen and oxygen atoms in total. The quantitative estimate of drug-likeness (QED) is 0.823. The average Bonchev–Trinajstić information content (AvgIpc) is 2.28. The monoisotopic (exact) mass is 266 g/mol. The smallest absolute Gasteiger partial charge is 0.228 e. The van der Waals surface area contributed by atoms with Crippen LogP contribution >= 0.6 is 11.8 Å². The Hall–Kier alpha value is -1.00. The predicted molar refractivity (Wildman–Crippen MR) is 78.9 cm³/mol. The average molecular weight is 266 g/mol. The van der Waals surface area contributed by atoms with E-state index >= 15 is 0 Å². The molecule has 0 saturated heterocycles. The second-order valence-electron chi connectivity index (χ2n) is 5.36. The first-order chi connectivity index (χ1) is 8.31. The highest BCUT2D eigenvalue weighted by molar-refractivity contribution is 8.00. The van der Waals surface area contributed by atoms with Crippen LogP contribution in [0.15, 0.2) is 29.2 Å². The number of amides is 1. The molecule has 0 aliphatic carbocycles. The summed E-state index contributed by atoms with van der Waals surface area (Å²) in [7, 11) is 0. The van der Waals surface area contributed by atoms with Crippen molar-refractivity contribution in [3.05, 3.63) is 24.3 Å². The molecule has 0 saturated carbocycles. The van der Waals surface area contributed by atoms with Gasteiger partial charge in [-0.25, -0.2) is 0 Å². The second kappa shape index (κ2) is 6.25. The highest BCUT2D eigenvalue weighted by Crippen LogP contribution is 2.32. The molecule has 0 aromatic heterocycles. The Labute approximate surface area is 114 Å². The van der Waals surface area contributed by atoms with Crippen LogP contribution in [0.4, 0.5) is 5.69 Å². The first-order valence-electron chi connectivity index (χ1n) is 6.12. The third-order valence-electron chi connectivity index (χ3n) is 2.35. The molecule has 18 heavy (non-hydrogen) atoms. The van der Waals surface area contributed by atoms with Crippen molar-refractivity contribution in [3.8, 4) is 0 Å². The molecule has 1 aromatic rings. The Morgan fingerprint density at radius 3 is 2.33 bits per heavy atom. The lowest BCUT2D eigenvalue weighted by atomic mass is 10.1. The SMILES string of the molecule is CC(CN)C(=O)Nc1ccc(SC(C)(C)C)cc1. The number of carbonyl (C=O) groups is 1. The molecule has 1 amide bonds. The standard InChI is InChI=1S/C14H22N2OS/c1-10(9-15)13(17)16-11-5-7-12(8-6-11)18-14(2,3)4/h5-8,10H,9,15H2,1-4H3,(H,16,17). The molecule has 0 spiro atoms. The molecule has 1 unspecified atom stereocenters. The normalized spacial score (nSPS) is 13.2. The molecule has 1 rings (SSSR count). The summed E-state index contributed by atoms with van der Waals surface area (Å²) in [5.41, 5.74) is 6.27. The molecule has 4 heteroatoms. The number of nitrogens with one attached hydrogen (secondary N) is 1. The van der Waals surface area contributed by atoms with Crippen LogP contribution in [-0.2, 0) is 4.79 Å². The molecular weight excluding hydrogens is 244 g/mol. The van der Waals surface area contributed by atoms with E-state index in [1.54, 1.807) is 11.8 Å². The van der Waals surface area contributed by atoms with Crippen molar-refractivity contribution < 1.29 is 4.79 Å². The summed E-state index contributed by atoms with van der Waals surface area (Å²) in [5.74, 6) is -0.192. The molecule has 0 aliphatic heterocycles. The van der Waals surface area contributed by atoms with Gasteiger partial charge in [0.25, 0.3) is 0 Å². The third-order valence-corrected chi connectivity index (χ3v) is 3.47. The van der Waals surface area contributed by atoms with Crippen LogP contribution in [0.2, 0.25) is 0 Å². The summed E-state index contributed by atoms with van der Waals surface area (Å²) in [4.78, 5) is 12.9. The van der Waals surface area contributed by atoms with Crippen molar-refractivity contribution in [2.24, 2.45) is 11.7 Å². The summed E-state index contributed by atoms with van der Waals surface area (Å²) in [6.45, 7) is 8.71. The lowest BCUT2D eigenvalue weighted by Crippen LogP contribution is -2.26. The first kappa shape index (κ1) is 15.1. The number of nitrogens with two attached hydrogens (primary N) is 1. The number of rotatable bonds is 4. The largest absolute Gasteiger partial charge is 0.330 e. The fourth-order valence-corrected chi connectivity index (χ4v) is 2.31. The Bertz CT molecular complexity index is 395. The van der Waals surface area contributed by atoms with Crippen molar-refractivity contribution >= 4 is 23.4 Å². The van der Waals surface area contributed by atoms with Crippen LogP contribution in [0.5, 0.6) is 0 Å². The van der Waals surface area contributed by atoms with Crippen LogP contribution in [0.3, 0.4) is 0 Å². The van der Waals surface area contributed by atoms with Crippen LogP contribution in [0.25, 0.3) is 0 Å². The fourth-order valence-electron chi connectivity index (χ4n) is 1.33. The molecule has 0 heterocycles. The molecule has 3 N–H and O–H groups in total. The van der Waals surface area contributed by atoms with E-state index in [4.69, 9.17) is 5.73 Å². The van der Waals surface area contributed by atoms with Gasteiger partial charge in [-0.3, -0.25) is 4.79 Å². The topological polar surface area (TPSA) is 55.1 Å². The molecule has 1 aromatic carbocycles. The van der Waals surface area contributed by atoms with Crippen molar-refractivity contribution in [2.75, 3.05) is 11.9 Å². The summed E-state index contributed by atoms with van der Waals surface area (Å²) in [5, 5.41) is 2.85. The fraction of sp³-hybridized carbons (Fsp3) is 0.500. The minimum atomic E-state index is -0.159. The Morgan fingerprint density at radius 2 is 1.89 bits per heavy atom. The number of anilines is 1. The van der Waals surface area contributed by atoms with E-state index in [-0.39, 0.29) is 16.6 Å². The van der Waals surface area contributed by atoms with Crippen molar-refractivity contribution in [2.45, 2.75) is 37.3 Å². The van der Waals surface area contributed by atoms with Crippen LogP contribution < -0.4 is 11.1 Å². The molecular formula is C14H22N2OS. The summed E-state index contributed by atoms with van der Waals surface area (Å²) in [6.07, 6.45) is 0. The highest BCUT2D eigenvalue weighted by atomic mass is 32.2. The van der Waals surface area contributed by atoms with E-state index in [0.29, 0.717) is 6.54 Å². The molecule has 100 valence electrons. The summed E-state index contributed by atoms with van der Waals surface area (Å²) in [6, 6.07) is 7.90. The number of benzene rings is 1. The third kappa shape index (κ3) is 5.10. The van der Waals surface area contributed by atoms with Crippen molar-refractivity contribution in [1.29, 1.82) is 0 Å². The summed E-state index contributed by atoms with van der Waals surface area (Å²) >= 11 is 1.81. The highest BCUT2D eigenvalue weighted by Gasteiger charge is 2.13. The number of carbonyl (C=O) groups excluding carboxylic acids is 1. The van der Waals surface area contributed by atoms with Gasteiger partial charge in [-0.05, 0) is 24.3 Å². The molecule has 1 atom stereocenters. The lowest BCUT2D eigenvalue weighted by Gasteiger charge is -2.17. The zero-order valence-electron chi connectivity index (χ0n) is 11.5. The van der Waals surface area contributed by atoms with Gasteiger partial charge in [-0.15, -0.1) is 11.8 Å². The molecule has 0 bridgehead atoms. The van der Waals surface area contributed by atoms with Gasteiger partial charge in [0.15, 0.2) is 0 Å². The van der Waals surface area contributed by atoms with Crippen LogP contribution in [0.1, 0.15) is 27.7 Å². The van der Waals surface area contributed by atoms with E-state index in [9.17, 15) is 4.79 Å². The van der Waals surface area contributed by atoms with Gasteiger partial charge in [-0.1, -0.05) is 27.7 Å². The Balaban J connectivity index is 2.63. The van der Waals surface area contributed by atoms with Crippen LogP contribution in [0, 0.1) is 5.92 Å². The number of thioether (sulfide) groups is 1. The molecule has 0 fully saturated rings. The van der Waals surface area contributed by atoms with Gasteiger partial charge in [0.05, 0.1) is 0 Å². The number of hydrogen-bond acceptors (Lipinski definition) is 3. The Kier molecular flexibility index (Phi) is 5.23. The van der Waals surface area contributed by atoms with Gasteiger partial charge in [-0.2, -0.15) is 0 Å². The van der Waals surface area contributed by atoms with E-state index in [0.717, 1.165) is 5.69 Å². The maximum Gasteiger partial charge on any atom is 0.228 e. The minimum Gasteiger partial charge on any atom is -0.330 e. The van der Waals surface area contributed by atoms with Gasteiger partial charge < -0.3 is 11.1 Å². The van der Waals surface area contributed by atoms with Gasteiger partial charge in [0, 0.05) is 27.8 Å². The van der Waals surface area contributed by atoms with Crippen LogP contribution in [-0.4, -0.2) is 17.2 Å². The summed E-state index contributed by atoms with van der Waals surface area (Å²) < 4.78 is 0.193. The molecule has 0 aliphatic rings. The molecule has 0 radical (unpaired) electrons. The van der Waals surface area contributed by atoms with Crippen molar-refractivity contribution in [3.63, 3.8) is 0 Å². The zero-order chi connectivity index (χ0) is 13.8. The van der Waals surface area contributed by atoms with Gasteiger partial charge in [0.2, 0.25) is 5.91 Å². The number of hydrogen-bond donors (Lipinski definition) is 2. The second-order valence-corrected chi connectivity index (χ2v) is 7.27. The van der Waals surface area contributed by atoms with E-state index in [1.807, 2.05) is 31.2 Å². The maximum atomic E-state index is 11.7. The zero-order valence-corrected chi connectivity index (χ0v) is 12.3. The predicted octanol–water partition coefficient (Wildman–Crippen LogP) is 3.11. The van der Waals surface area contributed by atoms with Gasteiger partial charge >= 0.3 is 0 Å². The van der Waals surface area contributed by atoms with E-state index in [1.165, 1.54) is 4.90 Å². The van der Waals surface area contributed by atoms with Gasteiger partial charge in [0.1, 0.15) is 0 Å². The minimum absolute atomic E-state index is 0.0336. The Morgan fingerprint density at radius 1 is 1.33 bits per heavy atom. The van der Waals surface area contributed by atoms with E-state index in [2.05, 4.69) is 26.1 Å². The maximum absolute atomic E-state index is 11.7. The van der Waals surface area contributed by atoms with Crippen molar-refractivity contribution in [1.82, 2.24) is 0 Å².